The summed E-state index contributed by atoms with van der Waals surface area (Å²) in [6.07, 6.45) is 1.48. The van der Waals surface area contributed by atoms with Crippen LogP contribution in [0.2, 0.25) is 0 Å². The standard InChI is InChI=1S/C12H17N3O2S.ClH/c1-10-4-5-11(9-14)8-12(10)18(16,17)15-7-3-2-6-13;/h4-5,8,15H,2-3,6-7,13H2,1H3;1H. The molecule has 0 aromatic heterocycles. The fraction of sp³-hybridized carbons (Fsp3) is 0.417. The minimum atomic E-state index is -3.55. The van der Waals surface area contributed by atoms with E-state index in [1.165, 1.54) is 6.07 Å². The van der Waals surface area contributed by atoms with Gasteiger partial charge in [0.15, 0.2) is 0 Å². The summed E-state index contributed by atoms with van der Waals surface area (Å²) in [5.74, 6) is 0. The van der Waals surface area contributed by atoms with E-state index in [-0.39, 0.29) is 17.3 Å². The van der Waals surface area contributed by atoms with Gasteiger partial charge in [-0.15, -0.1) is 12.4 Å². The second-order valence-corrected chi connectivity index (χ2v) is 5.72. The largest absolute Gasteiger partial charge is 0.330 e. The van der Waals surface area contributed by atoms with Gasteiger partial charge in [-0.25, -0.2) is 13.1 Å². The summed E-state index contributed by atoms with van der Waals surface area (Å²) < 4.78 is 26.6. The van der Waals surface area contributed by atoms with Gasteiger partial charge in [-0.1, -0.05) is 6.07 Å². The van der Waals surface area contributed by atoms with Crippen LogP contribution in [-0.4, -0.2) is 21.5 Å². The number of hydrogen-bond acceptors (Lipinski definition) is 4. The summed E-state index contributed by atoms with van der Waals surface area (Å²) in [7, 11) is -3.55. The number of nitriles is 1. The van der Waals surface area contributed by atoms with Crippen LogP contribution in [-0.2, 0) is 10.0 Å². The van der Waals surface area contributed by atoms with Crippen molar-refractivity contribution in [1.82, 2.24) is 4.72 Å². The quantitative estimate of drug-likeness (QED) is 0.774. The molecule has 0 saturated heterocycles. The van der Waals surface area contributed by atoms with E-state index in [1.54, 1.807) is 19.1 Å². The van der Waals surface area contributed by atoms with Crippen molar-refractivity contribution in [3.63, 3.8) is 0 Å². The van der Waals surface area contributed by atoms with E-state index in [0.717, 1.165) is 6.42 Å². The molecule has 1 aromatic carbocycles. The third-order valence-electron chi connectivity index (χ3n) is 2.53. The van der Waals surface area contributed by atoms with Gasteiger partial charge >= 0.3 is 0 Å². The Morgan fingerprint density at radius 2 is 2.05 bits per heavy atom. The highest BCUT2D eigenvalue weighted by molar-refractivity contribution is 7.89. The lowest BCUT2D eigenvalue weighted by Crippen LogP contribution is -2.26. The fourth-order valence-corrected chi connectivity index (χ4v) is 2.86. The average molecular weight is 304 g/mol. The highest BCUT2D eigenvalue weighted by Gasteiger charge is 2.16. The molecule has 5 nitrogen and oxygen atoms in total. The summed E-state index contributed by atoms with van der Waals surface area (Å²) in [5.41, 5.74) is 6.30. The molecular weight excluding hydrogens is 286 g/mol. The third kappa shape index (κ3) is 5.17. The first-order valence-electron chi connectivity index (χ1n) is 5.72. The zero-order chi connectivity index (χ0) is 13.6. The Morgan fingerprint density at radius 1 is 1.37 bits per heavy atom. The van der Waals surface area contributed by atoms with E-state index in [2.05, 4.69) is 4.72 Å². The summed E-state index contributed by atoms with van der Waals surface area (Å²) in [6, 6.07) is 6.56. The van der Waals surface area contributed by atoms with Gasteiger partial charge in [0.2, 0.25) is 10.0 Å². The molecule has 0 radical (unpaired) electrons. The summed E-state index contributed by atoms with van der Waals surface area (Å²) in [5, 5.41) is 8.79. The first kappa shape index (κ1) is 17.9. The molecule has 0 fully saturated rings. The van der Waals surface area contributed by atoms with Crippen LogP contribution in [0.1, 0.15) is 24.0 Å². The highest BCUT2D eigenvalue weighted by atomic mass is 35.5. The van der Waals surface area contributed by atoms with Crippen molar-refractivity contribution in [3.8, 4) is 6.07 Å². The summed E-state index contributed by atoms with van der Waals surface area (Å²) in [6.45, 7) is 2.61. The third-order valence-corrected chi connectivity index (χ3v) is 4.13. The molecule has 0 bridgehead atoms. The number of aryl methyl sites for hydroxylation is 1. The van der Waals surface area contributed by atoms with Crippen LogP contribution in [0.25, 0.3) is 0 Å². The van der Waals surface area contributed by atoms with Crippen molar-refractivity contribution in [2.24, 2.45) is 5.73 Å². The van der Waals surface area contributed by atoms with E-state index in [0.29, 0.717) is 30.6 Å². The maximum atomic E-state index is 12.0. The highest BCUT2D eigenvalue weighted by Crippen LogP contribution is 2.16. The van der Waals surface area contributed by atoms with Crippen molar-refractivity contribution in [2.45, 2.75) is 24.7 Å². The molecule has 0 unspecified atom stereocenters. The molecule has 0 spiro atoms. The summed E-state index contributed by atoms with van der Waals surface area (Å²) in [4.78, 5) is 0.161. The van der Waals surface area contributed by atoms with Gasteiger partial charge in [0.1, 0.15) is 0 Å². The monoisotopic (exact) mass is 303 g/mol. The number of rotatable bonds is 6. The number of hydrogen-bond donors (Lipinski definition) is 2. The topological polar surface area (TPSA) is 96.0 Å². The maximum Gasteiger partial charge on any atom is 0.240 e. The number of nitrogens with two attached hydrogens (primary N) is 1. The number of nitrogens with zero attached hydrogens (tertiary/aromatic N) is 1. The Morgan fingerprint density at radius 3 is 2.63 bits per heavy atom. The molecule has 7 heteroatoms. The van der Waals surface area contributed by atoms with Crippen molar-refractivity contribution in [2.75, 3.05) is 13.1 Å². The predicted octanol–water partition coefficient (Wildman–Crippen LogP) is 1.31. The van der Waals surface area contributed by atoms with Crippen LogP contribution in [0.5, 0.6) is 0 Å². The van der Waals surface area contributed by atoms with Crippen molar-refractivity contribution >= 4 is 22.4 Å². The fourth-order valence-electron chi connectivity index (χ4n) is 1.51. The van der Waals surface area contributed by atoms with Crippen LogP contribution in [0.4, 0.5) is 0 Å². The lowest BCUT2D eigenvalue weighted by atomic mass is 10.2. The lowest BCUT2D eigenvalue weighted by Gasteiger charge is -2.09. The number of sulfonamides is 1. The molecule has 3 N–H and O–H groups in total. The van der Waals surface area contributed by atoms with Gasteiger partial charge in [-0.2, -0.15) is 5.26 Å². The van der Waals surface area contributed by atoms with Gasteiger partial charge < -0.3 is 5.73 Å². The molecule has 0 aliphatic carbocycles. The van der Waals surface area contributed by atoms with E-state index >= 15 is 0 Å². The second kappa shape index (κ2) is 8.12. The maximum absolute atomic E-state index is 12.0. The molecule has 0 saturated carbocycles. The Hall–Kier alpha value is -1.13. The molecule has 19 heavy (non-hydrogen) atoms. The van der Waals surface area contributed by atoms with E-state index in [1.807, 2.05) is 6.07 Å². The number of nitrogens with one attached hydrogen (secondary N) is 1. The van der Waals surface area contributed by atoms with Gasteiger partial charge in [0.25, 0.3) is 0 Å². The van der Waals surface area contributed by atoms with Gasteiger partial charge in [0.05, 0.1) is 16.5 Å². The zero-order valence-corrected chi connectivity index (χ0v) is 12.4. The van der Waals surface area contributed by atoms with Gasteiger partial charge in [-0.05, 0) is 44.0 Å². The predicted molar refractivity (Wildman–Crippen MR) is 76.6 cm³/mol. The normalized spacial score (nSPS) is 10.6. The minimum Gasteiger partial charge on any atom is -0.330 e. The molecule has 1 rings (SSSR count). The Balaban J connectivity index is 0.00000324. The van der Waals surface area contributed by atoms with Gasteiger partial charge in [-0.3, -0.25) is 0 Å². The van der Waals surface area contributed by atoms with Crippen LogP contribution in [0.15, 0.2) is 23.1 Å². The smallest absolute Gasteiger partial charge is 0.240 e. The first-order valence-corrected chi connectivity index (χ1v) is 7.20. The zero-order valence-electron chi connectivity index (χ0n) is 10.7. The van der Waals surface area contributed by atoms with Gasteiger partial charge in [0, 0.05) is 6.54 Å². The SMILES string of the molecule is Cc1ccc(C#N)cc1S(=O)(=O)NCCCCN.Cl. The van der Waals surface area contributed by atoms with Crippen molar-refractivity contribution in [3.05, 3.63) is 29.3 Å². The molecule has 0 atom stereocenters. The molecule has 0 amide bonds. The second-order valence-electron chi connectivity index (χ2n) is 3.99. The average Bonchev–Trinajstić information content (AvgIpc) is 2.35. The minimum absolute atomic E-state index is 0. The van der Waals surface area contributed by atoms with Crippen LogP contribution < -0.4 is 10.5 Å². The number of halogens is 1. The van der Waals surface area contributed by atoms with Crippen LogP contribution in [0, 0.1) is 18.3 Å². The molecule has 0 aliphatic heterocycles. The van der Waals surface area contributed by atoms with Crippen LogP contribution in [0.3, 0.4) is 0 Å². The molecule has 1 aromatic rings. The number of unbranched alkanes of at least 4 members (excludes halogenated alkanes) is 1. The number of benzene rings is 1. The van der Waals surface area contributed by atoms with E-state index in [4.69, 9.17) is 11.0 Å². The molecule has 0 heterocycles. The molecular formula is C12H18ClN3O2S. The summed E-state index contributed by atoms with van der Waals surface area (Å²) >= 11 is 0. The Kier molecular flexibility index (Phi) is 7.64. The first-order chi connectivity index (χ1) is 8.51. The Bertz CT molecular complexity index is 553. The van der Waals surface area contributed by atoms with Crippen LogP contribution >= 0.6 is 12.4 Å². The van der Waals surface area contributed by atoms with Crippen molar-refractivity contribution < 1.29 is 8.42 Å². The van der Waals surface area contributed by atoms with E-state index < -0.39 is 10.0 Å². The lowest BCUT2D eigenvalue weighted by molar-refractivity contribution is 0.576. The van der Waals surface area contributed by atoms with E-state index in [9.17, 15) is 8.42 Å². The van der Waals surface area contributed by atoms with Crippen molar-refractivity contribution in [1.29, 1.82) is 5.26 Å². The molecule has 0 aliphatic rings. The molecule has 106 valence electrons. The Labute approximate surface area is 120 Å².